The van der Waals surface area contributed by atoms with Crippen molar-refractivity contribution >= 4 is 17.5 Å². The predicted molar refractivity (Wildman–Crippen MR) is 80.8 cm³/mol. The quantitative estimate of drug-likeness (QED) is 0.852. The summed E-state index contributed by atoms with van der Waals surface area (Å²) in [4.78, 5) is 16.1. The number of hydrogen-bond acceptors (Lipinski definition) is 3. The average Bonchev–Trinajstić information content (AvgIpc) is 2.51. The number of nitrogens with zero attached hydrogens (tertiary/aromatic N) is 1. The van der Waals surface area contributed by atoms with E-state index in [1.165, 1.54) is 12.4 Å². The molecular formula is C16H13ClN2O2. The summed E-state index contributed by atoms with van der Waals surface area (Å²) < 4.78 is 0. The van der Waals surface area contributed by atoms with Crippen molar-refractivity contribution in [3.63, 3.8) is 0 Å². The van der Waals surface area contributed by atoms with Crippen LogP contribution in [0, 0.1) is 11.8 Å². The standard InChI is InChI=1S/C16H13ClN2O2/c17-14-5-1-3-12(9-14)10-19-16(21)15-6-7-18-11-13(15)4-2-8-20/h1,3,5-7,9,11,20H,8,10H2,(H,19,21). The van der Waals surface area contributed by atoms with E-state index in [0.717, 1.165) is 5.56 Å². The molecule has 2 aromatic rings. The van der Waals surface area contributed by atoms with Gasteiger partial charge in [0, 0.05) is 24.0 Å². The van der Waals surface area contributed by atoms with Gasteiger partial charge in [-0.2, -0.15) is 0 Å². The molecule has 0 aliphatic carbocycles. The molecule has 1 amide bonds. The molecule has 0 aliphatic rings. The van der Waals surface area contributed by atoms with E-state index in [2.05, 4.69) is 22.1 Å². The number of pyridine rings is 1. The maximum absolute atomic E-state index is 12.2. The fourth-order valence-electron chi connectivity index (χ4n) is 1.75. The van der Waals surface area contributed by atoms with E-state index in [1.807, 2.05) is 12.1 Å². The van der Waals surface area contributed by atoms with Crippen LogP contribution in [0.25, 0.3) is 0 Å². The van der Waals surface area contributed by atoms with E-state index in [4.69, 9.17) is 16.7 Å². The number of hydrogen-bond donors (Lipinski definition) is 2. The van der Waals surface area contributed by atoms with Crippen molar-refractivity contribution in [1.29, 1.82) is 0 Å². The molecule has 0 saturated carbocycles. The molecular weight excluding hydrogens is 288 g/mol. The minimum Gasteiger partial charge on any atom is -0.384 e. The number of aliphatic hydroxyl groups is 1. The highest BCUT2D eigenvalue weighted by atomic mass is 35.5. The van der Waals surface area contributed by atoms with Gasteiger partial charge in [-0.1, -0.05) is 35.6 Å². The van der Waals surface area contributed by atoms with Gasteiger partial charge in [-0.05, 0) is 23.8 Å². The largest absolute Gasteiger partial charge is 0.384 e. The molecule has 2 N–H and O–H groups in total. The normalized spacial score (nSPS) is 9.62. The predicted octanol–water partition coefficient (Wildman–Crippen LogP) is 2.01. The zero-order chi connectivity index (χ0) is 15.1. The SMILES string of the molecule is O=C(NCc1cccc(Cl)c1)c1ccncc1C#CCO. The van der Waals surface area contributed by atoms with Crippen LogP contribution in [0.2, 0.25) is 5.02 Å². The number of carbonyl (C=O) groups excluding carboxylic acids is 1. The summed E-state index contributed by atoms with van der Waals surface area (Å²) in [5.74, 6) is 4.97. The summed E-state index contributed by atoms with van der Waals surface area (Å²) in [5.41, 5.74) is 1.82. The van der Waals surface area contributed by atoms with Gasteiger partial charge in [-0.15, -0.1) is 0 Å². The first kappa shape index (κ1) is 15.0. The molecule has 0 fully saturated rings. The third-order valence-corrected chi connectivity index (χ3v) is 2.95. The molecule has 1 heterocycles. The number of aromatic nitrogens is 1. The van der Waals surface area contributed by atoms with E-state index < -0.39 is 0 Å². The maximum Gasteiger partial charge on any atom is 0.252 e. The molecule has 0 aliphatic heterocycles. The summed E-state index contributed by atoms with van der Waals surface area (Å²) >= 11 is 5.90. The van der Waals surface area contributed by atoms with Crippen molar-refractivity contribution in [3.8, 4) is 11.8 Å². The molecule has 1 aromatic heterocycles. The Hall–Kier alpha value is -2.35. The van der Waals surface area contributed by atoms with Gasteiger partial charge in [0.25, 0.3) is 5.91 Å². The molecule has 4 nitrogen and oxygen atoms in total. The fourth-order valence-corrected chi connectivity index (χ4v) is 1.96. The number of aliphatic hydroxyl groups excluding tert-OH is 1. The van der Waals surface area contributed by atoms with Gasteiger partial charge in [0.2, 0.25) is 0 Å². The Balaban J connectivity index is 2.10. The van der Waals surface area contributed by atoms with Gasteiger partial charge in [-0.3, -0.25) is 9.78 Å². The monoisotopic (exact) mass is 300 g/mol. The molecule has 2 rings (SSSR count). The number of rotatable bonds is 3. The zero-order valence-corrected chi connectivity index (χ0v) is 11.9. The van der Waals surface area contributed by atoms with Crippen LogP contribution in [0.15, 0.2) is 42.7 Å². The molecule has 0 spiro atoms. The molecule has 0 atom stereocenters. The summed E-state index contributed by atoms with van der Waals surface area (Å²) in [7, 11) is 0. The highest BCUT2D eigenvalue weighted by Crippen LogP contribution is 2.11. The van der Waals surface area contributed by atoms with Crippen LogP contribution in [0.4, 0.5) is 0 Å². The van der Waals surface area contributed by atoms with Crippen molar-refractivity contribution in [3.05, 3.63) is 64.4 Å². The maximum atomic E-state index is 12.2. The summed E-state index contributed by atoms with van der Waals surface area (Å²) in [6.07, 6.45) is 3.02. The van der Waals surface area contributed by atoms with Gasteiger partial charge >= 0.3 is 0 Å². The van der Waals surface area contributed by atoms with Gasteiger partial charge in [-0.25, -0.2) is 0 Å². The Morgan fingerprint density at radius 2 is 2.24 bits per heavy atom. The Morgan fingerprint density at radius 3 is 3.00 bits per heavy atom. The van der Waals surface area contributed by atoms with Crippen molar-refractivity contribution in [2.75, 3.05) is 6.61 Å². The van der Waals surface area contributed by atoms with Crippen LogP contribution in [0.5, 0.6) is 0 Å². The average molecular weight is 301 g/mol. The van der Waals surface area contributed by atoms with E-state index in [1.54, 1.807) is 18.2 Å². The van der Waals surface area contributed by atoms with Crippen molar-refractivity contribution < 1.29 is 9.90 Å². The first-order chi connectivity index (χ1) is 10.2. The molecule has 5 heteroatoms. The Morgan fingerprint density at radius 1 is 1.38 bits per heavy atom. The fraction of sp³-hybridized carbons (Fsp3) is 0.125. The minimum atomic E-state index is -0.265. The lowest BCUT2D eigenvalue weighted by molar-refractivity contribution is 0.0950. The smallest absolute Gasteiger partial charge is 0.252 e. The minimum absolute atomic E-state index is 0.250. The highest BCUT2D eigenvalue weighted by molar-refractivity contribution is 6.30. The van der Waals surface area contributed by atoms with Crippen molar-refractivity contribution in [2.45, 2.75) is 6.54 Å². The lowest BCUT2D eigenvalue weighted by atomic mass is 10.1. The zero-order valence-electron chi connectivity index (χ0n) is 11.1. The van der Waals surface area contributed by atoms with E-state index in [-0.39, 0.29) is 12.5 Å². The van der Waals surface area contributed by atoms with Gasteiger partial charge in [0.15, 0.2) is 0 Å². The first-order valence-electron chi connectivity index (χ1n) is 6.27. The molecule has 0 radical (unpaired) electrons. The van der Waals surface area contributed by atoms with Crippen LogP contribution in [0.3, 0.4) is 0 Å². The lowest BCUT2D eigenvalue weighted by Gasteiger charge is -2.07. The third kappa shape index (κ3) is 4.32. The second-order valence-corrected chi connectivity index (χ2v) is 4.63. The molecule has 0 unspecified atom stereocenters. The molecule has 0 bridgehead atoms. The number of halogens is 1. The summed E-state index contributed by atoms with van der Waals surface area (Å²) in [6.45, 7) is 0.104. The van der Waals surface area contributed by atoms with Crippen LogP contribution < -0.4 is 5.32 Å². The Bertz CT molecular complexity index is 705. The van der Waals surface area contributed by atoms with Crippen LogP contribution in [0.1, 0.15) is 21.5 Å². The topological polar surface area (TPSA) is 62.2 Å². The summed E-state index contributed by atoms with van der Waals surface area (Å²) in [5, 5.41) is 12.2. The van der Waals surface area contributed by atoms with E-state index in [0.29, 0.717) is 22.7 Å². The third-order valence-electron chi connectivity index (χ3n) is 2.71. The summed E-state index contributed by atoms with van der Waals surface area (Å²) in [6, 6.07) is 8.87. The van der Waals surface area contributed by atoms with Gasteiger partial charge in [0.05, 0.1) is 11.1 Å². The molecule has 106 valence electrons. The number of amides is 1. The van der Waals surface area contributed by atoms with Gasteiger partial charge < -0.3 is 10.4 Å². The second-order valence-electron chi connectivity index (χ2n) is 4.19. The number of benzene rings is 1. The number of carbonyl (C=O) groups is 1. The first-order valence-corrected chi connectivity index (χ1v) is 6.65. The second kappa shape index (κ2) is 7.44. The Labute approximate surface area is 127 Å². The van der Waals surface area contributed by atoms with Gasteiger partial charge in [0.1, 0.15) is 6.61 Å². The van der Waals surface area contributed by atoms with Crippen LogP contribution in [-0.2, 0) is 6.54 Å². The molecule has 0 saturated heterocycles. The van der Waals surface area contributed by atoms with E-state index in [9.17, 15) is 4.79 Å². The number of nitrogens with one attached hydrogen (secondary N) is 1. The van der Waals surface area contributed by atoms with Crippen molar-refractivity contribution in [2.24, 2.45) is 0 Å². The highest BCUT2D eigenvalue weighted by Gasteiger charge is 2.09. The van der Waals surface area contributed by atoms with Crippen molar-refractivity contribution in [1.82, 2.24) is 10.3 Å². The van der Waals surface area contributed by atoms with Crippen LogP contribution in [-0.4, -0.2) is 22.6 Å². The lowest BCUT2D eigenvalue weighted by Crippen LogP contribution is -2.23. The molecule has 21 heavy (non-hydrogen) atoms. The van der Waals surface area contributed by atoms with E-state index >= 15 is 0 Å². The van der Waals surface area contributed by atoms with Crippen LogP contribution >= 0.6 is 11.6 Å². The Kier molecular flexibility index (Phi) is 5.33. The molecule has 1 aromatic carbocycles.